The highest BCUT2D eigenvalue weighted by molar-refractivity contribution is 9.10. The van der Waals surface area contributed by atoms with Crippen molar-refractivity contribution >= 4 is 45.1 Å². The Morgan fingerprint density at radius 3 is 2.59 bits per heavy atom. The Kier molecular flexibility index (Phi) is 7.05. The van der Waals surface area contributed by atoms with Crippen molar-refractivity contribution in [1.29, 1.82) is 0 Å². The van der Waals surface area contributed by atoms with E-state index < -0.39 is 0 Å². The number of hydrogen-bond donors (Lipinski definition) is 1. The lowest BCUT2D eigenvalue weighted by Crippen LogP contribution is -2.17. The lowest BCUT2D eigenvalue weighted by atomic mass is 10.2. The van der Waals surface area contributed by atoms with Crippen LogP contribution in [0.15, 0.2) is 58.2 Å². The first-order valence-corrected chi connectivity index (χ1v) is 10.5. The molecule has 0 spiro atoms. The molecule has 1 amide bonds. The minimum atomic E-state index is -0.229. The number of ketones is 1. The Morgan fingerprint density at radius 2 is 1.86 bits per heavy atom. The molecule has 9 heteroatoms. The zero-order valence-electron chi connectivity index (χ0n) is 15.9. The molecule has 0 atom stereocenters. The molecule has 0 saturated heterocycles. The van der Waals surface area contributed by atoms with E-state index in [4.69, 9.17) is 4.74 Å². The molecular weight excluding hydrogens is 456 g/mol. The predicted octanol–water partition coefficient (Wildman–Crippen LogP) is 3.74. The molecule has 0 aliphatic rings. The summed E-state index contributed by atoms with van der Waals surface area (Å²) in [4.78, 5) is 24.7. The Hall–Kier alpha value is -2.65. The Morgan fingerprint density at radius 1 is 1.14 bits per heavy atom. The number of carbonyl (C=O) groups is 2. The molecule has 0 bridgehead atoms. The third-order valence-electron chi connectivity index (χ3n) is 4.12. The lowest BCUT2D eigenvalue weighted by Gasteiger charge is -2.09. The molecule has 3 rings (SSSR count). The average molecular weight is 475 g/mol. The molecule has 29 heavy (non-hydrogen) atoms. The number of para-hydroxylation sites is 2. The number of nitrogens with zero attached hydrogens (tertiary/aromatic N) is 3. The molecule has 0 unspecified atom stereocenters. The SMILES string of the molecule is COc1ccccc1NC(=O)Cc1nnc(SCC(=O)c2ccc(Br)cc2)n1C. The zero-order valence-corrected chi connectivity index (χ0v) is 18.3. The molecule has 0 fully saturated rings. The van der Waals surface area contributed by atoms with Crippen LogP contribution in [-0.4, -0.2) is 39.3 Å². The quantitative estimate of drug-likeness (QED) is 0.395. The van der Waals surface area contributed by atoms with Gasteiger partial charge in [0, 0.05) is 17.1 Å². The second kappa shape index (κ2) is 9.71. The summed E-state index contributed by atoms with van der Waals surface area (Å²) in [6.07, 6.45) is 0.0583. The minimum absolute atomic E-state index is 0.000894. The van der Waals surface area contributed by atoms with Crippen molar-refractivity contribution < 1.29 is 14.3 Å². The van der Waals surface area contributed by atoms with E-state index in [1.54, 1.807) is 43.0 Å². The molecule has 1 heterocycles. The summed E-state index contributed by atoms with van der Waals surface area (Å²) in [6, 6.07) is 14.4. The first kappa shape index (κ1) is 21.1. The number of hydrogen-bond acceptors (Lipinski definition) is 6. The molecule has 1 N–H and O–H groups in total. The Labute approximate surface area is 181 Å². The number of benzene rings is 2. The molecule has 7 nitrogen and oxygen atoms in total. The fraction of sp³-hybridized carbons (Fsp3) is 0.200. The van der Waals surface area contributed by atoms with Gasteiger partial charge in [-0.25, -0.2) is 0 Å². The van der Waals surface area contributed by atoms with Crippen LogP contribution in [0.5, 0.6) is 5.75 Å². The average Bonchev–Trinajstić information content (AvgIpc) is 3.06. The molecule has 0 aliphatic carbocycles. The van der Waals surface area contributed by atoms with Crippen molar-refractivity contribution in [2.24, 2.45) is 7.05 Å². The maximum Gasteiger partial charge on any atom is 0.232 e. The van der Waals surface area contributed by atoms with Crippen LogP contribution in [-0.2, 0) is 18.3 Å². The van der Waals surface area contributed by atoms with Gasteiger partial charge in [0.15, 0.2) is 10.9 Å². The number of carbonyl (C=O) groups excluding carboxylic acids is 2. The van der Waals surface area contributed by atoms with E-state index in [9.17, 15) is 9.59 Å². The van der Waals surface area contributed by atoms with Crippen LogP contribution < -0.4 is 10.1 Å². The summed E-state index contributed by atoms with van der Waals surface area (Å²) < 4.78 is 7.88. The van der Waals surface area contributed by atoms with Crippen LogP contribution in [0.25, 0.3) is 0 Å². The van der Waals surface area contributed by atoms with E-state index in [2.05, 4.69) is 31.4 Å². The highest BCUT2D eigenvalue weighted by Gasteiger charge is 2.16. The number of ether oxygens (including phenoxy) is 1. The van der Waals surface area contributed by atoms with Crippen molar-refractivity contribution in [3.63, 3.8) is 0 Å². The number of Topliss-reactive ketones (excluding diaryl/α,β-unsaturated/α-hetero) is 1. The number of anilines is 1. The number of methoxy groups -OCH3 is 1. The standard InChI is InChI=1S/C20H19BrN4O3S/c1-25-18(11-19(27)22-15-5-3-4-6-17(15)28-2)23-24-20(25)29-12-16(26)13-7-9-14(21)10-8-13/h3-10H,11-12H2,1-2H3,(H,22,27). The Balaban J connectivity index is 1.59. The summed E-state index contributed by atoms with van der Waals surface area (Å²) in [5, 5.41) is 11.6. The first-order valence-electron chi connectivity index (χ1n) is 8.70. The third kappa shape index (κ3) is 5.45. The molecule has 0 saturated carbocycles. The maximum absolute atomic E-state index is 12.4. The Bertz CT molecular complexity index is 1020. The second-order valence-electron chi connectivity index (χ2n) is 6.10. The smallest absolute Gasteiger partial charge is 0.232 e. The van der Waals surface area contributed by atoms with Crippen LogP contribution in [0, 0.1) is 0 Å². The molecule has 2 aromatic carbocycles. The zero-order chi connectivity index (χ0) is 20.8. The van der Waals surface area contributed by atoms with Gasteiger partial charge in [0.2, 0.25) is 5.91 Å². The van der Waals surface area contributed by atoms with E-state index in [1.807, 2.05) is 24.3 Å². The van der Waals surface area contributed by atoms with Crippen LogP contribution in [0.3, 0.4) is 0 Å². The van der Waals surface area contributed by atoms with Gasteiger partial charge in [-0.2, -0.15) is 0 Å². The van der Waals surface area contributed by atoms with Gasteiger partial charge in [0.05, 0.1) is 25.0 Å². The normalized spacial score (nSPS) is 10.6. The third-order valence-corrected chi connectivity index (χ3v) is 5.67. The number of aromatic nitrogens is 3. The van der Waals surface area contributed by atoms with E-state index in [0.29, 0.717) is 28.0 Å². The van der Waals surface area contributed by atoms with Gasteiger partial charge in [-0.05, 0) is 24.3 Å². The van der Waals surface area contributed by atoms with Gasteiger partial charge in [-0.3, -0.25) is 9.59 Å². The van der Waals surface area contributed by atoms with Crippen molar-refractivity contribution in [3.8, 4) is 5.75 Å². The van der Waals surface area contributed by atoms with Crippen molar-refractivity contribution in [1.82, 2.24) is 14.8 Å². The fourth-order valence-electron chi connectivity index (χ4n) is 2.56. The van der Waals surface area contributed by atoms with Crippen molar-refractivity contribution in [3.05, 3.63) is 64.4 Å². The summed E-state index contributed by atoms with van der Waals surface area (Å²) in [5.74, 6) is 1.10. The first-order chi connectivity index (χ1) is 14.0. The number of rotatable bonds is 8. The van der Waals surface area contributed by atoms with Crippen LogP contribution in [0.4, 0.5) is 5.69 Å². The minimum Gasteiger partial charge on any atom is -0.495 e. The number of halogens is 1. The van der Waals surface area contributed by atoms with Gasteiger partial charge < -0.3 is 14.6 Å². The van der Waals surface area contributed by atoms with Crippen LogP contribution in [0.1, 0.15) is 16.2 Å². The van der Waals surface area contributed by atoms with E-state index in [0.717, 1.165) is 4.47 Å². The van der Waals surface area contributed by atoms with Gasteiger partial charge in [-0.15, -0.1) is 10.2 Å². The summed E-state index contributed by atoms with van der Waals surface area (Å²) >= 11 is 4.64. The van der Waals surface area contributed by atoms with Gasteiger partial charge in [0.25, 0.3) is 0 Å². The molecule has 0 aliphatic heterocycles. The van der Waals surface area contributed by atoms with Crippen LogP contribution in [0.2, 0.25) is 0 Å². The maximum atomic E-state index is 12.4. The van der Waals surface area contributed by atoms with Crippen LogP contribution >= 0.6 is 27.7 Å². The van der Waals surface area contributed by atoms with Crippen molar-refractivity contribution in [2.75, 3.05) is 18.2 Å². The summed E-state index contributed by atoms with van der Waals surface area (Å²) in [5.41, 5.74) is 1.23. The van der Waals surface area contributed by atoms with Gasteiger partial charge >= 0.3 is 0 Å². The van der Waals surface area contributed by atoms with E-state index >= 15 is 0 Å². The molecule has 3 aromatic rings. The molecule has 1 aromatic heterocycles. The number of amides is 1. The monoisotopic (exact) mass is 474 g/mol. The van der Waals surface area contributed by atoms with Gasteiger partial charge in [-0.1, -0.05) is 52.0 Å². The topological polar surface area (TPSA) is 86.1 Å². The summed E-state index contributed by atoms with van der Waals surface area (Å²) in [7, 11) is 3.32. The largest absolute Gasteiger partial charge is 0.495 e. The van der Waals surface area contributed by atoms with E-state index in [-0.39, 0.29) is 23.9 Å². The number of thioether (sulfide) groups is 1. The second-order valence-corrected chi connectivity index (χ2v) is 7.96. The highest BCUT2D eigenvalue weighted by atomic mass is 79.9. The molecular formula is C20H19BrN4O3S. The highest BCUT2D eigenvalue weighted by Crippen LogP contribution is 2.23. The van der Waals surface area contributed by atoms with Gasteiger partial charge in [0.1, 0.15) is 11.6 Å². The molecule has 150 valence electrons. The fourth-order valence-corrected chi connectivity index (χ4v) is 3.65. The predicted molar refractivity (Wildman–Crippen MR) is 116 cm³/mol. The molecule has 0 radical (unpaired) electrons. The summed E-state index contributed by atoms with van der Waals surface area (Å²) in [6.45, 7) is 0. The van der Waals surface area contributed by atoms with Crippen molar-refractivity contribution in [2.45, 2.75) is 11.6 Å². The number of nitrogens with one attached hydrogen (secondary N) is 1. The lowest BCUT2D eigenvalue weighted by molar-refractivity contribution is -0.115. The van der Waals surface area contributed by atoms with E-state index in [1.165, 1.54) is 11.8 Å².